The van der Waals surface area contributed by atoms with Crippen LogP contribution in [-0.2, 0) is 4.79 Å². The number of hydrogen-bond donors (Lipinski definition) is 1. The lowest BCUT2D eigenvalue weighted by molar-refractivity contribution is -0.113. The maximum absolute atomic E-state index is 13.2. The number of aromatic carboxylic acids is 1. The van der Waals surface area contributed by atoms with Crippen molar-refractivity contribution in [2.45, 2.75) is 6.92 Å². The van der Waals surface area contributed by atoms with Gasteiger partial charge in [-0.15, -0.1) is 0 Å². The van der Waals surface area contributed by atoms with E-state index in [0.29, 0.717) is 21.4 Å². The fourth-order valence-electron chi connectivity index (χ4n) is 3.08. The average molecular weight is 414 g/mol. The minimum absolute atomic E-state index is 0.146. The summed E-state index contributed by atoms with van der Waals surface area (Å²) in [5.74, 6) is -1.19. The predicted octanol–water partition coefficient (Wildman–Crippen LogP) is 5.50. The topological polar surface area (TPSA) is 70.0 Å². The zero-order valence-electron chi connectivity index (χ0n) is 16.1. The second kappa shape index (κ2) is 8.39. The van der Waals surface area contributed by atoms with Gasteiger partial charge in [0.05, 0.1) is 21.8 Å². The fraction of sp³-hybridized carbons (Fsp3) is 0.0417. The maximum Gasteiger partial charge on any atom is 0.335 e. The van der Waals surface area contributed by atoms with Crippen LogP contribution >= 0.6 is 11.8 Å². The number of para-hydroxylation sites is 1. The Morgan fingerprint density at radius 3 is 2.50 bits per heavy atom. The van der Waals surface area contributed by atoms with Crippen molar-refractivity contribution >= 4 is 46.3 Å². The third-order valence-electron chi connectivity index (χ3n) is 4.48. The Morgan fingerprint density at radius 1 is 1.00 bits per heavy atom. The van der Waals surface area contributed by atoms with E-state index in [0.717, 1.165) is 11.1 Å². The highest BCUT2D eigenvalue weighted by Gasteiger charge is 2.34. The first kappa shape index (κ1) is 19.7. The van der Waals surface area contributed by atoms with Gasteiger partial charge in [-0.25, -0.2) is 9.79 Å². The lowest BCUT2D eigenvalue weighted by atomic mass is 10.1. The smallest absolute Gasteiger partial charge is 0.335 e. The standard InChI is InChI=1S/C24H18N2O3S/c1-16-7-5-8-17(13-16)14-21-22(27)26(20-11-3-2-4-12-20)24(30-21)25-19-10-6-9-18(15-19)23(28)29/h2-15H,1H3,(H,28,29)/b21-14-,25-24?. The van der Waals surface area contributed by atoms with Crippen LogP contribution in [-0.4, -0.2) is 22.2 Å². The van der Waals surface area contributed by atoms with Gasteiger partial charge < -0.3 is 5.11 Å². The van der Waals surface area contributed by atoms with Crippen molar-refractivity contribution in [3.05, 3.63) is 100 Å². The van der Waals surface area contributed by atoms with Gasteiger partial charge in [0.2, 0.25) is 0 Å². The molecule has 0 radical (unpaired) electrons. The Bertz CT molecular complexity index is 1190. The minimum Gasteiger partial charge on any atom is -0.478 e. The van der Waals surface area contributed by atoms with Crippen LogP contribution in [0, 0.1) is 6.92 Å². The van der Waals surface area contributed by atoms with Crippen LogP contribution in [0.1, 0.15) is 21.5 Å². The third-order valence-corrected chi connectivity index (χ3v) is 5.45. The molecule has 0 unspecified atom stereocenters. The second-order valence-electron chi connectivity index (χ2n) is 6.75. The number of rotatable bonds is 4. The van der Waals surface area contributed by atoms with E-state index >= 15 is 0 Å². The summed E-state index contributed by atoms with van der Waals surface area (Å²) in [5.41, 5.74) is 3.37. The van der Waals surface area contributed by atoms with E-state index < -0.39 is 5.97 Å². The Morgan fingerprint density at radius 2 is 1.77 bits per heavy atom. The van der Waals surface area contributed by atoms with Gasteiger partial charge in [-0.1, -0.05) is 54.1 Å². The number of aliphatic imine (C=N–C) groups is 1. The van der Waals surface area contributed by atoms with Gasteiger partial charge in [0, 0.05) is 0 Å². The Balaban J connectivity index is 1.78. The summed E-state index contributed by atoms with van der Waals surface area (Å²) in [7, 11) is 0. The molecule has 148 valence electrons. The Kier molecular flexibility index (Phi) is 5.50. The highest BCUT2D eigenvalue weighted by molar-refractivity contribution is 8.19. The number of carbonyl (C=O) groups is 2. The number of nitrogens with zero attached hydrogens (tertiary/aromatic N) is 2. The molecule has 0 aliphatic carbocycles. The van der Waals surface area contributed by atoms with Crippen LogP contribution < -0.4 is 4.90 Å². The van der Waals surface area contributed by atoms with E-state index in [4.69, 9.17) is 0 Å². The molecular weight excluding hydrogens is 396 g/mol. The first-order valence-corrected chi connectivity index (χ1v) is 10.1. The molecule has 1 saturated heterocycles. The van der Waals surface area contributed by atoms with Crippen LogP contribution in [0.25, 0.3) is 6.08 Å². The number of amidine groups is 1. The van der Waals surface area contributed by atoms with E-state index in [-0.39, 0.29) is 11.5 Å². The zero-order valence-corrected chi connectivity index (χ0v) is 17.0. The predicted molar refractivity (Wildman–Crippen MR) is 121 cm³/mol. The van der Waals surface area contributed by atoms with E-state index in [1.54, 1.807) is 17.0 Å². The fourth-order valence-corrected chi connectivity index (χ4v) is 4.08. The number of thioether (sulfide) groups is 1. The molecule has 3 aromatic carbocycles. The van der Waals surface area contributed by atoms with Crippen LogP contribution in [0.15, 0.2) is 88.8 Å². The maximum atomic E-state index is 13.2. The van der Waals surface area contributed by atoms with Crippen molar-refractivity contribution in [1.82, 2.24) is 0 Å². The summed E-state index contributed by atoms with van der Waals surface area (Å²) in [4.78, 5) is 31.2. The molecule has 0 spiro atoms. The monoisotopic (exact) mass is 414 g/mol. The highest BCUT2D eigenvalue weighted by Crippen LogP contribution is 2.37. The molecule has 1 N–H and O–H groups in total. The molecule has 1 aliphatic rings. The normalized spacial score (nSPS) is 16.4. The van der Waals surface area contributed by atoms with Crippen LogP contribution in [0.4, 0.5) is 11.4 Å². The van der Waals surface area contributed by atoms with Crippen molar-refractivity contribution in [1.29, 1.82) is 0 Å². The van der Waals surface area contributed by atoms with Gasteiger partial charge in [-0.3, -0.25) is 9.69 Å². The summed E-state index contributed by atoms with van der Waals surface area (Å²) < 4.78 is 0. The van der Waals surface area contributed by atoms with Crippen LogP contribution in [0.3, 0.4) is 0 Å². The number of aryl methyl sites for hydroxylation is 1. The average Bonchev–Trinajstić information content (AvgIpc) is 3.03. The number of anilines is 1. The van der Waals surface area contributed by atoms with Gasteiger partial charge in [0.25, 0.3) is 5.91 Å². The molecule has 30 heavy (non-hydrogen) atoms. The van der Waals surface area contributed by atoms with E-state index in [2.05, 4.69) is 4.99 Å². The molecule has 6 heteroatoms. The first-order chi connectivity index (χ1) is 14.5. The lowest BCUT2D eigenvalue weighted by Crippen LogP contribution is -2.28. The first-order valence-electron chi connectivity index (χ1n) is 9.29. The van der Waals surface area contributed by atoms with Crippen LogP contribution in [0.5, 0.6) is 0 Å². The Hall–Kier alpha value is -3.64. The number of carboxylic acids is 1. The van der Waals surface area contributed by atoms with Crippen molar-refractivity contribution in [3.63, 3.8) is 0 Å². The van der Waals surface area contributed by atoms with Crippen LogP contribution in [0.2, 0.25) is 0 Å². The summed E-state index contributed by atoms with van der Waals surface area (Å²) in [6.07, 6.45) is 1.85. The molecule has 0 atom stereocenters. The largest absolute Gasteiger partial charge is 0.478 e. The molecule has 1 amide bonds. The molecule has 1 aliphatic heterocycles. The third kappa shape index (κ3) is 4.18. The zero-order chi connectivity index (χ0) is 21.1. The van der Waals surface area contributed by atoms with Gasteiger partial charge in [-0.2, -0.15) is 0 Å². The summed E-state index contributed by atoms with van der Waals surface area (Å²) in [6, 6.07) is 23.6. The van der Waals surface area contributed by atoms with Gasteiger partial charge in [0.15, 0.2) is 5.17 Å². The molecule has 3 aromatic rings. The minimum atomic E-state index is -1.02. The molecule has 4 rings (SSSR count). The van der Waals surface area contributed by atoms with Crippen molar-refractivity contribution in [3.8, 4) is 0 Å². The number of carboxylic acid groups (broad SMARTS) is 1. The number of benzene rings is 3. The number of hydrogen-bond acceptors (Lipinski definition) is 4. The molecule has 5 nitrogen and oxygen atoms in total. The van der Waals surface area contributed by atoms with Crippen molar-refractivity contribution < 1.29 is 14.7 Å². The van der Waals surface area contributed by atoms with Gasteiger partial charge in [-0.05, 0) is 60.7 Å². The quantitative estimate of drug-likeness (QED) is 0.572. The van der Waals surface area contributed by atoms with E-state index in [1.807, 2.05) is 67.6 Å². The molecule has 0 saturated carbocycles. The number of amides is 1. The summed E-state index contributed by atoms with van der Waals surface area (Å²) in [5, 5.41) is 9.72. The lowest BCUT2D eigenvalue weighted by Gasteiger charge is -2.15. The van der Waals surface area contributed by atoms with Crippen molar-refractivity contribution in [2.75, 3.05) is 4.90 Å². The number of carbonyl (C=O) groups excluding carboxylic acids is 1. The highest BCUT2D eigenvalue weighted by atomic mass is 32.2. The summed E-state index contributed by atoms with van der Waals surface area (Å²) in [6.45, 7) is 2.00. The van der Waals surface area contributed by atoms with E-state index in [9.17, 15) is 14.7 Å². The molecule has 0 bridgehead atoms. The molecule has 0 aromatic heterocycles. The molecular formula is C24H18N2O3S. The molecule has 1 fully saturated rings. The van der Waals surface area contributed by atoms with Gasteiger partial charge >= 0.3 is 5.97 Å². The van der Waals surface area contributed by atoms with Crippen molar-refractivity contribution in [2.24, 2.45) is 4.99 Å². The van der Waals surface area contributed by atoms with Gasteiger partial charge in [0.1, 0.15) is 0 Å². The second-order valence-corrected chi connectivity index (χ2v) is 7.76. The van der Waals surface area contributed by atoms with E-state index in [1.165, 1.54) is 23.9 Å². The Labute approximate surface area is 178 Å². The summed E-state index contributed by atoms with van der Waals surface area (Å²) >= 11 is 1.27. The SMILES string of the molecule is Cc1cccc(/C=C2\SC(=Nc3cccc(C(=O)O)c3)N(c3ccccc3)C2=O)c1. The molecule has 1 heterocycles.